The zero-order valence-electron chi connectivity index (χ0n) is 17.0. The summed E-state index contributed by atoms with van der Waals surface area (Å²) >= 11 is 0. The second-order valence-electron chi connectivity index (χ2n) is 7.09. The van der Waals surface area contributed by atoms with Gasteiger partial charge in [-0.3, -0.25) is 4.90 Å². The first-order chi connectivity index (χ1) is 14.1. The number of halogens is 1. The topological polar surface area (TPSA) is 54.4 Å². The molecule has 0 aromatic heterocycles. The third kappa shape index (κ3) is 5.82. The maximum atomic E-state index is 13.9. The van der Waals surface area contributed by atoms with Gasteiger partial charge in [0, 0.05) is 38.3 Å². The van der Waals surface area contributed by atoms with Crippen LogP contribution in [-0.4, -0.2) is 69.7 Å². The van der Waals surface area contributed by atoms with Crippen molar-refractivity contribution in [3.63, 3.8) is 0 Å². The molecule has 2 aromatic carbocycles. The highest BCUT2D eigenvalue weighted by Gasteiger charge is 2.21. The molecule has 1 aliphatic heterocycles. The SMILES string of the molecule is COc1ccc(OC)c(COC[C@H](O)CN2CCN(c3ccccc3F)CC2)c1. The molecule has 0 radical (unpaired) electrons. The van der Waals surface area contributed by atoms with Crippen LogP contribution in [-0.2, 0) is 11.3 Å². The second-order valence-corrected chi connectivity index (χ2v) is 7.09. The number of ether oxygens (including phenoxy) is 3. The molecule has 1 saturated heterocycles. The van der Waals surface area contributed by atoms with Gasteiger partial charge in [0.05, 0.1) is 39.2 Å². The molecule has 1 aliphatic rings. The number of β-amino-alcohol motifs (C(OH)–C–C–N with tert-alkyl or cyclic N) is 1. The molecule has 158 valence electrons. The van der Waals surface area contributed by atoms with Crippen molar-refractivity contribution in [1.29, 1.82) is 0 Å². The van der Waals surface area contributed by atoms with E-state index in [0.717, 1.165) is 43.2 Å². The van der Waals surface area contributed by atoms with Crippen LogP contribution in [0, 0.1) is 5.82 Å². The highest BCUT2D eigenvalue weighted by molar-refractivity contribution is 5.48. The number of rotatable bonds is 9. The predicted molar refractivity (Wildman–Crippen MR) is 110 cm³/mol. The Morgan fingerprint density at radius 3 is 2.48 bits per heavy atom. The fourth-order valence-electron chi connectivity index (χ4n) is 3.53. The molecule has 6 nitrogen and oxygen atoms in total. The monoisotopic (exact) mass is 404 g/mol. The molecular formula is C22H29FN2O4. The van der Waals surface area contributed by atoms with Crippen molar-refractivity contribution in [3.05, 3.63) is 53.8 Å². The van der Waals surface area contributed by atoms with Crippen LogP contribution in [0.15, 0.2) is 42.5 Å². The molecule has 29 heavy (non-hydrogen) atoms. The van der Waals surface area contributed by atoms with Crippen LogP contribution in [0.5, 0.6) is 11.5 Å². The van der Waals surface area contributed by atoms with Gasteiger partial charge in [0.1, 0.15) is 17.3 Å². The van der Waals surface area contributed by atoms with Crippen molar-refractivity contribution in [3.8, 4) is 11.5 Å². The van der Waals surface area contributed by atoms with Crippen LogP contribution in [0.4, 0.5) is 10.1 Å². The van der Waals surface area contributed by atoms with E-state index in [9.17, 15) is 9.50 Å². The van der Waals surface area contributed by atoms with Gasteiger partial charge < -0.3 is 24.2 Å². The average molecular weight is 404 g/mol. The minimum absolute atomic E-state index is 0.192. The van der Waals surface area contributed by atoms with Crippen molar-refractivity contribution >= 4 is 5.69 Å². The molecule has 2 aromatic rings. The van der Waals surface area contributed by atoms with E-state index in [-0.39, 0.29) is 12.4 Å². The minimum Gasteiger partial charge on any atom is -0.497 e. The largest absolute Gasteiger partial charge is 0.497 e. The quantitative estimate of drug-likeness (QED) is 0.693. The number of piperazine rings is 1. The number of anilines is 1. The Morgan fingerprint density at radius 1 is 1.03 bits per heavy atom. The number of para-hydroxylation sites is 1. The molecule has 0 spiro atoms. The maximum absolute atomic E-state index is 13.9. The van der Waals surface area contributed by atoms with E-state index in [2.05, 4.69) is 4.90 Å². The first-order valence-electron chi connectivity index (χ1n) is 9.79. The fourth-order valence-corrected chi connectivity index (χ4v) is 3.53. The molecule has 0 saturated carbocycles. The van der Waals surface area contributed by atoms with Crippen LogP contribution >= 0.6 is 0 Å². The Bertz CT molecular complexity index is 781. The van der Waals surface area contributed by atoms with Gasteiger partial charge in [-0.25, -0.2) is 4.39 Å². The van der Waals surface area contributed by atoms with Gasteiger partial charge in [0.2, 0.25) is 0 Å². The molecule has 1 fully saturated rings. The number of nitrogens with zero attached hydrogens (tertiary/aromatic N) is 2. The lowest BCUT2D eigenvalue weighted by Crippen LogP contribution is -2.49. The fraction of sp³-hybridized carbons (Fsp3) is 0.455. The molecule has 7 heteroatoms. The molecular weight excluding hydrogens is 375 g/mol. The van der Waals surface area contributed by atoms with Gasteiger partial charge in [-0.1, -0.05) is 12.1 Å². The van der Waals surface area contributed by atoms with Crippen LogP contribution in [0.25, 0.3) is 0 Å². The van der Waals surface area contributed by atoms with Gasteiger partial charge in [0.15, 0.2) is 0 Å². The molecule has 0 bridgehead atoms. The first-order valence-corrected chi connectivity index (χ1v) is 9.79. The van der Waals surface area contributed by atoms with E-state index in [0.29, 0.717) is 18.8 Å². The summed E-state index contributed by atoms with van der Waals surface area (Å²) in [7, 11) is 3.23. The highest BCUT2D eigenvalue weighted by Crippen LogP contribution is 2.24. The number of aliphatic hydroxyl groups is 1. The summed E-state index contributed by atoms with van der Waals surface area (Å²) in [6, 6.07) is 12.4. The average Bonchev–Trinajstić information content (AvgIpc) is 2.74. The minimum atomic E-state index is -0.591. The summed E-state index contributed by atoms with van der Waals surface area (Å²) in [5, 5.41) is 10.3. The molecule has 0 amide bonds. The predicted octanol–water partition coefficient (Wildman–Crippen LogP) is 2.54. The van der Waals surface area contributed by atoms with E-state index < -0.39 is 6.10 Å². The number of hydrogen-bond donors (Lipinski definition) is 1. The number of methoxy groups -OCH3 is 2. The van der Waals surface area contributed by atoms with Gasteiger partial charge in [-0.2, -0.15) is 0 Å². The summed E-state index contributed by atoms with van der Waals surface area (Å²) in [6.45, 7) is 4.10. The lowest BCUT2D eigenvalue weighted by atomic mass is 10.2. The van der Waals surface area contributed by atoms with Crippen LogP contribution in [0.1, 0.15) is 5.56 Å². The van der Waals surface area contributed by atoms with Crippen molar-refractivity contribution in [2.45, 2.75) is 12.7 Å². The Kier molecular flexibility index (Phi) is 7.69. The summed E-state index contributed by atoms with van der Waals surface area (Å²) < 4.78 is 30.2. The van der Waals surface area contributed by atoms with E-state index >= 15 is 0 Å². The zero-order chi connectivity index (χ0) is 20.6. The molecule has 1 N–H and O–H groups in total. The molecule has 1 heterocycles. The standard InChI is InChI=1S/C22H29FN2O4/c1-27-19-7-8-22(28-2)17(13-19)15-29-16-18(26)14-24-9-11-25(12-10-24)21-6-4-3-5-20(21)23/h3-8,13,18,26H,9-12,14-16H2,1-2H3/t18-/m1/s1. The van der Waals surface area contributed by atoms with Gasteiger partial charge in [0.25, 0.3) is 0 Å². The maximum Gasteiger partial charge on any atom is 0.146 e. The van der Waals surface area contributed by atoms with Crippen molar-refractivity contribution in [2.75, 3.05) is 58.5 Å². The normalized spacial score (nSPS) is 15.9. The summed E-state index contributed by atoms with van der Waals surface area (Å²) in [4.78, 5) is 4.22. The summed E-state index contributed by atoms with van der Waals surface area (Å²) in [5.74, 6) is 1.27. The molecule has 3 rings (SSSR count). The van der Waals surface area contributed by atoms with Gasteiger partial charge >= 0.3 is 0 Å². The Morgan fingerprint density at radius 2 is 1.79 bits per heavy atom. The summed E-state index contributed by atoms with van der Waals surface area (Å²) in [5.41, 5.74) is 1.51. The zero-order valence-corrected chi connectivity index (χ0v) is 17.0. The number of hydrogen-bond acceptors (Lipinski definition) is 6. The van der Waals surface area contributed by atoms with Crippen molar-refractivity contribution < 1.29 is 23.7 Å². The van der Waals surface area contributed by atoms with Gasteiger partial charge in [-0.05, 0) is 30.3 Å². The van der Waals surface area contributed by atoms with Crippen LogP contribution < -0.4 is 14.4 Å². The molecule has 0 unspecified atom stereocenters. The smallest absolute Gasteiger partial charge is 0.146 e. The van der Waals surface area contributed by atoms with Gasteiger partial charge in [-0.15, -0.1) is 0 Å². The van der Waals surface area contributed by atoms with Crippen molar-refractivity contribution in [2.24, 2.45) is 0 Å². The number of aliphatic hydroxyl groups excluding tert-OH is 1. The Balaban J connectivity index is 1.42. The molecule has 1 atom stereocenters. The number of benzene rings is 2. The van der Waals surface area contributed by atoms with E-state index in [1.807, 2.05) is 29.2 Å². The Labute approximate surface area is 171 Å². The summed E-state index contributed by atoms with van der Waals surface area (Å²) in [6.07, 6.45) is -0.591. The van der Waals surface area contributed by atoms with Crippen LogP contribution in [0.2, 0.25) is 0 Å². The lowest BCUT2D eigenvalue weighted by Gasteiger charge is -2.37. The second kappa shape index (κ2) is 10.4. The third-order valence-corrected chi connectivity index (χ3v) is 5.09. The van der Waals surface area contributed by atoms with E-state index in [1.54, 1.807) is 26.4 Å². The molecule has 0 aliphatic carbocycles. The Hall–Kier alpha value is -2.35. The van der Waals surface area contributed by atoms with Crippen LogP contribution in [0.3, 0.4) is 0 Å². The third-order valence-electron chi connectivity index (χ3n) is 5.09. The van der Waals surface area contributed by atoms with E-state index in [4.69, 9.17) is 14.2 Å². The highest BCUT2D eigenvalue weighted by atomic mass is 19.1. The van der Waals surface area contributed by atoms with Crippen molar-refractivity contribution in [1.82, 2.24) is 4.90 Å². The lowest BCUT2D eigenvalue weighted by molar-refractivity contribution is 0.00860. The van der Waals surface area contributed by atoms with E-state index in [1.165, 1.54) is 6.07 Å². The first kappa shape index (κ1) is 21.4.